The normalized spacial score (nSPS) is 13.5. The Morgan fingerprint density at radius 1 is 1.00 bits per heavy atom. The molecule has 4 rings (SSSR count). The number of halogens is 2. The van der Waals surface area contributed by atoms with Crippen molar-refractivity contribution >= 4 is 40.4 Å². The number of anilines is 2. The lowest BCUT2D eigenvalue weighted by Gasteiger charge is -2.16. The molecule has 1 heterocycles. The van der Waals surface area contributed by atoms with Crippen molar-refractivity contribution in [1.29, 1.82) is 0 Å². The number of para-hydroxylation sites is 1. The number of methoxy groups -OCH3 is 1. The molecule has 2 amide bonds. The van der Waals surface area contributed by atoms with E-state index in [2.05, 4.69) is 5.32 Å². The number of hydrogen-bond donors (Lipinski definition) is 1. The van der Waals surface area contributed by atoms with E-state index in [4.69, 9.17) is 21.1 Å². The third-order valence-corrected chi connectivity index (χ3v) is 5.33. The molecule has 0 unspecified atom stereocenters. The van der Waals surface area contributed by atoms with Crippen LogP contribution in [0.1, 0.15) is 12.5 Å². The second kappa shape index (κ2) is 9.34. The standard InChI is InChI=1S/C25H20ClFN2O4/c1-3-33-17-8-6-7-15(13-17)28-23-22(18-9-4-5-10-21(18)32-2)24(30)29(25(23)31)16-11-12-20(27)19(26)14-16/h4-14,28H,3H2,1-2H3. The zero-order valence-electron chi connectivity index (χ0n) is 17.9. The highest BCUT2D eigenvalue weighted by Gasteiger charge is 2.41. The Balaban J connectivity index is 1.84. The summed E-state index contributed by atoms with van der Waals surface area (Å²) >= 11 is 5.91. The maximum Gasteiger partial charge on any atom is 0.282 e. The van der Waals surface area contributed by atoms with Crippen LogP contribution in [-0.2, 0) is 9.59 Å². The summed E-state index contributed by atoms with van der Waals surface area (Å²) in [7, 11) is 1.48. The molecule has 33 heavy (non-hydrogen) atoms. The van der Waals surface area contributed by atoms with E-state index in [9.17, 15) is 14.0 Å². The second-order valence-electron chi connectivity index (χ2n) is 7.08. The van der Waals surface area contributed by atoms with E-state index in [0.717, 1.165) is 11.0 Å². The average Bonchev–Trinajstić information content (AvgIpc) is 3.05. The molecule has 3 aromatic rings. The van der Waals surface area contributed by atoms with Crippen molar-refractivity contribution in [3.8, 4) is 11.5 Å². The summed E-state index contributed by atoms with van der Waals surface area (Å²) in [5.74, 6) is -0.805. The van der Waals surface area contributed by atoms with E-state index in [1.807, 2.05) is 6.92 Å². The molecule has 1 N–H and O–H groups in total. The van der Waals surface area contributed by atoms with Crippen LogP contribution < -0.4 is 19.7 Å². The summed E-state index contributed by atoms with van der Waals surface area (Å²) < 4.78 is 24.7. The maximum absolute atomic E-state index is 13.7. The monoisotopic (exact) mass is 466 g/mol. The molecule has 1 aliphatic rings. The van der Waals surface area contributed by atoms with Gasteiger partial charge in [0.25, 0.3) is 11.8 Å². The molecule has 1 aliphatic heterocycles. The van der Waals surface area contributed by atoms with E-state index in [1.54, 1.807) is 48.5 Å². The predicted octanol–water partition coefficient (Wildman–Crippen LogP) is 5.28. The summed E-state index contributed by atoms with van der Waals surface area (Å²) in [4.78, 5) is 28.0. The number of imide groups is 1. The van der Waals surface area contributed by atoms with E-state index < -0.39 is 17.6 Å². The number of ether oxygens (including phenoxy) is 2. The van der Waals surface area contributed by atoms with Crippen molar-refractivity contribution in [2.45, 2.75) is 6.92 Å². The van der Waals surface area contributed by atoms with Gasteiger partial charge in [-0.15, -0.1) is 0 Å². The van der Waals surface area contributed by atoms with Crippen molar-refractivity contribution in [3.63, 3.8) is 0 Å². The molecule has 0 aromatic heterocycles. The minimum Gasteiger partial charge on any atom is -0.496 e. The van der Waals surface area contributed by atoms with E-state index in [1.165, 1.54) is 19.2 Å². The Morgan fingerprint density at radius 3 is 2.52 bits per heavy atom. The van der Waals surface area contributed by atoms with Crippen LogP contribution in [0.5, 0.6) is 11.5 Å². The fourth-order valence-electron chi connectivity index (χ4n) is 3.58. The van der Waals surface area contributed by atoms with Gasteiger partial charge in [0, 0.05) is 17.3 Å². The first-order valence-electron chi connectivity index (χ1n) is 10.2. The number of carbonyl (C=O) groups excluding carboxylic acids is 2. The zero-order valence-corrected chi connectivity index (χ0v) is 18.7. The molecule has 0 atom stereocenters. The van der Waals surface area contributed by atoms with Gasteiger partial charge < -0.3 is 14.8 Å². The van der Waals surface area contributed by atoms with Crippen LogP contribution in [0.25, 0.3) is 5.57 Å². The van der Waals surface area contributed by atoms with Crippen LogP contribution in [0.15, 0.2) is 72.4 Å². The largest absolute Gasteiger partial charge is 0.496 e. The van der Waals surface area contributed by atoms with Crippen LogP contribution in [0.2, 0.25) is 5.02 Å². The lowest BCUT2D eigenvalue weighted by Crippen LogP contribution is -2.32. The quantitative estimate of drug-likeness (QED) is 0.480. The minimum absolute atomic E-state index is 0.0543. The van der Waals surface area contributed by atoms with E-state index in [0.29, 0.717) is 29.4 Å². The molecular weight excluding hydrogens is 447 g/mol. The Bertz CT molecular complexity index is 1270. The molecule has 0 radical (unpaired) electrons. The smallest absolute Gasteiger partial charge is 0.282 e. The van der Waals surface area contributed by atoms with Gasteiger partial charge in [0.1, 0.15) is 23.0 Å². The Morgan fingerprint density at radius 2 is 1.79 bits per heavy atom. The summed E-state index contributed by atoms with van der Waals surface area (Å²) in [5, 5.41) is 2.87. The number of carbonyl (C=O) groups is 2. The van der Waals surface area contributed by atoms with Crippen LogP contribution in [-0.4, -0.2) is 25.5 Å². The first-order chi connectivity index (χ1) is 15.9. The van der Waals surface area contributed by atoms with E-state index in [-0.39, 0.29) is 22.0 Å². The third kappa shape index (κ3) is 4.27. The Kier molecular flexibility index (Phi) is 6.33. The van der Waals surface area contributed by atoms with E-state index >= 15 is 0 Å². The molecule has 0 fully saturated rings. The van der Waals surface area contributed by atoms with Crippen molar-refractivity contribution in [2.24, 2.45) is 0 Å². The molecule has 6 nitrogen and oxygen atoms in total. The van der Waals surface area contributed by atoms with Gasteiger partial charge >= 0.3 is 0 Å². The molecule has 0 spiro atoms. The fraction of sp³-hybridized carbons (Fsp3) is 0.120. The van der Waals surface area contributed by atoms with Crippen LogP contribution in [0.4, 0.5) is 15.8 Å². The maximum atomic E-state index is 13.7. The number of benzene rings is 3. The zero-order chi connectivity index (χ0) is 23.5. The number of rotatable bonds is 7. The first-order valence-corrected chi connectivity index (χ1v) is 10.5. The van der Waals surface area contributed by atoms with Crippen LogP contribution in [0, 0.1) is 5.82 Å². The number of nitrogens with one attached hydrogen (secondary N) is 1. The molecule has 8 heteroatoms. The Labute approximate surface area is 195 Å². The van der Waals surface area contributed by atoms with Crippen LogP contribution >= 0.6 is 11.6 Å². The van der Waals surface area contributed by atoms with Crippen molar-refractivity contribution in [2.75, 3.05) is 23.9 Å². The molecule has 0 saturated carbocycles. The van der Waals surface area contributed by atoms with Gasteiger partial charge in [-0.05, 0) is 43.3 Å². The molecule has 0 aliphatic carbocycles. The first kappa shape index (κ1) is 22.4. The lowest BCUT2D eigenvalue weighted by molar-refractivity contribution is -0.120. The SMILES string of the molecule is CCOc1cccc(NC2=C(c3ccccc3OC)C(=O)N(c3ccc(F)c(Cl)c3)C2=O)c1. The average molecular weight is 467 g/mol. The van der Waals surface area contributed by atoms with Crippen molar-refractivity contribution < 1.29 is 23.5 Å². The van der Waals surface area contributed by atoms with Crippen molar-refractivity contribution in [3.05, 3.63) is 88.8 Å². The molecule has 0 saturated heterocycles. The lowest BCUT2D eigenvalue weighted by atomic mass is 10.0. The highest BCUT2D eigenvalue weighted by Crippen LogP contribution is 2.38. The Hall–Kier alpha value is -3.84. The van der Waals surface area contributed by atoms with Gasteiger partial charge in [-0.3, -0.25) is 9.59 Å². The summed E-state index contributed by atoms with van der Waals surface area (Å²) in [6.07, 6.45) is 0. The second-order valence-corrected chi connectivity index (χ2v) is 7.49. The summed E-state index contributed by atoms with van der Waals surface area (Å²) in [5.41, 5.74) is 1.34. The van der Waals surface area contributed by atoms with Crippen LogP contribution in [0.3, 0.4) is 0 Å². The molecular formula is C25H20ClFN2O4. The topological polar surface area (TPSA) is 67.9 Å². The van der Waals surface area contributed by atoms with Gasteiger partial charge in [0.15, 0.2) is 0 Å². The summed E-state index contributed by atoms with van der Waals surface area (Å²) in [6.45, 7) is 2.35. The summed E-state index contributed by atoms with van der Waals surface area (Å²) in [6, 6.07) is 17.6. The van der Waals surface area contributed by atoms with Gasteiger partial charge in [-0.1, -0.05) is 35.9 Å². The highest BCUT2D eigenvalue weighted by atomic mass is 35.5. The van der Waals surface area contributed by atoms with Gasteiger partial charge in [-0.25, -0.2) is 9.29 Å². The number of hydrogen-bond acceptors (Lipinski definition) is 5. The minimum atomic E-state index is -0.650. The molecule has 168 valence electrons. The molecule has 3 aromatic carbocycles. The fourth-order valence-corrected chi connectivity index (χ4v) is 3.75. The van der Waals surface area contributed by atoms with Gasteiger partial charge in [0.05, 0.1) is 30.0 Å². The number of nitrogens with zero attached hydrogens (tertiary/aromatic N) is 1. The van der Waals surface area contributed by atoms with Gasteiger partial charge in [-0.2, -0.15) is 0 Å². The predicted molar refractivity (Wildman–Crippen MR) is 125 cm³/mol. The third-order valence-electron chi connectivity index (χ3n) is 5.04. The van der Waals surface area contributed by atoms with Gasteiger partial charge in [0.2, 0.25) is 0 Å². The number of amides is 2. The highest BCUT2D eigenvalue weighted by molar-refractivity contribution is 6.46. The molecule has 0 bridgehead atoms. The van der Waals surface area contributed by atoms with Crippen molar-refractivity contribution in [1.82, 2.24) is 0 Å².